The predicted octanol–water partition coefficient (Wildman–Crippen LogP) is 1.73. The smallest absolute Gasteiger partial charge is 0.130 e. The molecule has 1 aromatic carbocycles. The predicted molar refractivity (Wildman–Crippen MR) is 58.4 cm³/mol. The SMILES string of the molecule is Cc1ccc(N(C)CC(F)CN)cc1. The van der Waals surface area contributed by atoms with Crippen molar-refractivity contribution in [2.75, 3.05) is 25.0 Å². The van der Waals surface area contributed by atoms with Gasteiger partial charge in [0.05, 0.1) is 6.54 Å². The van der Waals surface area contributed by atoms with Gasteiger partial charge in [0.2, 0.25) is 0 Å². The zero-order valence-corrected chi connectivity index (χ0v) is 8.70. The molecule has 0 radical (unpaired) electrons. The zero-order valence-electron chi connectivity index (χ0n) is 8.70. The van der Waals surface area contributed by atoms with Gasteiger partial charge in [0.1, 0.15) is 6.17 Å². The summed E-state index contributed by atoms with van der Waals surface area (Å²) >= 11 is 0. The maximum atomic E-state index is 13.0. The average molecular weight is 196 g/mol. The number of anilines is 1. The van der Waals surface area contributed by atoms with E-state index in [4.69, 9.17) is 5.73 Å². The molecule has 0 heterocycles. The van der Waals surface area contributed by atoms with Gasteiger partial charge < -0.3 is 10.6 Å². The first-order valence-electron chi connectivity index (χ1n) is 4.75. The number of nitrogens with two attached hydrogens (primary N) is 1. The van der Waals surface area contributed by atoms with Crippen molar-refractivity contribution in [2.45, 2.75) is 13.1 Å². The first kappa shape index (κ1) is 11.0. The van der Waals surface area contributed by atoms with Crippen LogP contribution in [0.15, 0.2) is 24.3 Å². The molecule has 0 bridgehead atoms. The Balaban J connectivity index is 2.60. The third-order valence-electron chi connectivity index (χ3n) is 2.20. The Labute approximate surface area is 84.5 Å². The second kappa shape index (κ2) is 4.96. The van der Waals surface area contributed by atoms with Crippen molar-refractivity contribution in [3.05, 3.63) is 29.8 Å². The average Bonchev–Trinajstić information content (AvgIpc) is 2.18. The van der Waals surface area contributed by atoms with Crippen molar-refractivity contribution in [3.63, 3.8) is 0 Å². The molecule has 0 aliphatic carbocycles. The van der Waals surface area contributed by atoms with Crippen LogP contribution in [0, 0.1) is 6.92 Å². The van der Waals surface area contributed by atoms with Gasteiger partial charge in [-0.2, -0.15) is 0 Å². The van der Waals surface area contributed by atoms with Crippen LogP contribution in [0.5, 0.6) is 0 Å². The number of hydrogen-bond acceptors (Lipinski definition) is 2. The summed E-state index contributed by atoms with van der Waals surface area (Å²) in [5, 5.41) is 0. The van der Waals surface area contributed by atoms with E-state index in [1.54, 1.807) is 0 Å². The molecule has 1 atom stereocenters. The lowest BCUT2D eigenvalue weighted by atomic mass is 10.2. The largest absolute Gasteiger partial charge is 0.372 e. The molecule has 2 nitrogen and oxygen atoms in total. The van der Waals surface area contributed by atoms with Gasteiger partial charge in [-0.15, -0.1) is 0 Å². The highest BCUT2D eigenvalue weighted by molar-refractivity contribution is 5.46. The Hall–Kier alpha value is -1.09. The Kier molecular flexibility index (Phi) is 3.89. The molecule has 2 N–H and O–H groups in total. The third-order valence-corrected chi connectivity index (χ3v) is 2.20. The van der Waals surface area contributed by atoms with Gasteiger partial charge in [0, 0.05) is 19.3 Å². The van der Waals surface area contributed by atoms with E-state index in [1.807, 2.05) is 43.1 Å². The summed E-state index contributed by atoms with van der Waals surface area (Å²) < 4.78 is 13.0. The highest BCUT2D eigenvalue weighted by Crippen LogP contribution is 2.13. The van der Waals surface area contributed by atoms with E-state index in [-0.39, 0.29) is 6.54 Å². The van der Waals surface area contributed by atoms with Gasteiger partial charge in [-0.3, -0.25) is 0 Å². The van der Waals surface area contributed by atoms with Gasteiger partial charge in [-0.1, -0.05) is 17.7 Å². The Morgan fingerprint density at radius 2 is 1.93 bits per heavy atom. The molecular formula is C11H17FN2. The molecule has 0 saturated carbocycles. The lowest BCUT2D eigenvalue weighted by Crippen LogP contribution is -2.31. The number of rotatable bonds is 4. The highest BCUT2D eigenvalue weighted by atomic mass is 19.1. The number of alkyl halides is 1. The molecule has 1 unspecified atom stereocenters. The molecule has 0 fully saturated rings. The van der Waals surface area contributed by atoms with E-state index >= 15 is 0 Å². The molecule has 0 aromatic heterocycles. The summed E-state index contributed by atoms with van der Waals surface area (Å²) in [4.78, 5) is 1.87. The second-order valence-corrected chi connectivity index (χ2v) is 3.55. The van der Waals surface area contributed by atoms with Gasteiger partial charge in [0.25, 0.3) is 0 Å². The molecule has 1 rings (SSSR count). The number of nitrogens with zero attached hydrogens (tertiary/aromatic N) is 1. The molecule has 0 aliphatic heterocycles. The normalized spacial score (nSPS) is 12.6. The molecular weight excluding hydrogens is 179 g/mol. The summed E-state index contributed by atoms with van der Waals surface area (Å²) in [7, 11) is 1.87. The fourth-order valence-electron chi connectivity index (χ4n) is 1.28. The molecule has 1 aromatic rings. The van der Waals surface area contributed by atoms with Gasteiger partial charge in [-0.05, 0) is 19.1 Å². The van der Waals surface area contributed by atoms with Crippen molar-refractivity contribution in [1.82, 2.24) is 0 Å². The van der Waals surface area contributed by atoms with Gasteiger partial charge in [-0.25, -0.2) is 4.39 Å². The first-order valence-corrected chi connectivity index (χ1v) is 4.75. The van der Waals surface area contributed by atoms with E-state index in [2.05, 4.69) is 0 Å². The Morgan fingerprint density at radius 3 is 2.43 bits per heavy atom. The van der Waals surface area contributed by atoms with Crippen LogP contribution >= 0.6 is 0 Å². The van der Waals surface area contributed by atoms with Crippen LogP contribution in [-0.4, -0.2) is 26.3 Å². The fraction of sp³-hybridized carbons (Fsp3) is 0.455. The zero-order chi connectivity index (χ0) is 10.6. The van der Waals surface area contributed by atoms with Gasteiger partial charge >= 0.3 is 0 Å². The van der Waals surface area contributed by atoms with Crippen LogP contribution in [0.4, 0.5) is 10.1 Å². The quantitative estimate of drug-likeness (QED) is 0.794. The molecule has 14 heavy (non-hydrogen) atoms. The van der Waals surface area contributed by atoms with Crippen molar-refractivity contribution in [2.24, 2.45) is 5.73 Å². The van der Waals surface area contributed by atoms with Crippen LogP contribution in [0.1, 0.15) is 5.56 Å². The number of benzene rings is 1. The lowest BCUT2D eigenvalue weighted by Gasteiger charge is -2.20. The minimum atomic E-state index is -0.957. The van der Waals surface area contributed by atoms with Crippen LogP contribution in [0.25, 0.3) is 0 Å². The topological polar surface area (TPSA) is 29.3 Å². The summed E-state index contributed by atoms with van der Waals surface area (Å²) in [6, 6.07) is 8.00. The van der Waals surface area contributed by atoms with Gasteiger partial charge in [0.15, 0.2) is 0 Å². The maximum Gasteiger partial charge on any atom is 0.130 e. The van der Waals surface area contributed by atoms with Crippen LogP contribution < -0.4 is 10.6 Å². The summed E-state index contributed by atoms with van der Waals surface area (Å²) in [5.41, 5.74) is 7.45. The Morgan fingerprint density at radius 1 is 1.36 bits per heavy atom. The van der Waals surface area contributed by atoms with E-state index in [0.29, 0.717) is 6.54 Å². The van der Waals surface area contributed by atoms with E-state index in [9.17, 15) is 4.39 Å². The van der Waals surface area contributed by atoms with Crippen LogP contribution in [0.2, 0.25) is 0 Å². The monoisotopic (exact) mass is 196 g/mol. The second-order valence-electron chi connectivity index (χ2n) is 3.55. The summed E-state index contributed by atoms with van der Waals surface area (Å²) in [6.45, 7) is 2.46. The summed E-state index contributed by atoms with van der Waals surface area (Å²) in [6.07, 6.45) is -0.957. The van der Waals surface area contributed by atoms with Crippen molar-refractivity contribution in [1.29, 1.82) is 0 Å². The third kappa shape index (κ3) is 3.00. The lowest BCUT2D eigenvalue weighted by molar-refractivity contribution is 0.346. The van der Waals surface area contributed by atoms with Crippen molar-refractivity contribution in [3.8, 4) is 0 Å². The van der Waals surface area contributed by atoms with Crippen molar-refractivity contribution >= 4 is 5.69 Å². The minimum Gasteiger partial charge on any atom is -0.372 e. The molecule has 3 heteroatoms. The molecule has 78 valence electrons. The highest BCUT2D eigenvalue weighted by Gasteiger charge is 2.07. The van der Waals surface area contributed by atoms with E-state index < -0.39 is 6.17 Å². The minimum absolute atomic E-state index is 0.0796. The molecule has 0 spiro atoms. The molecule has 0 aliphatic rings. The van der Waals surface area contributed by atoms with Crippen LogP contribution in [0.3, 0.4) is 0 Å². The maximum absolute atomic E-state index is 13.0. The van der Waals surface area contributed by atoms with E-state index in [1.165, 1.54) is 5.56 Å². The summed E-state index contributed by atoms with van der Waals surface area (Å²) in [5.74, 6) is 0. The van der Waals surface area contributed by atoms with Crippen molar-refractivity contribution < 1.29 is 4.39 Å². The standard InChI is InChI=1S/C11H17FN2/c1-9-3-5-11(6-4-9)14(2)8-10(12)7-13/h3-6,10H,7-8,13H2,1-2H3. The Bertz CT molecular complexity index is 271. The van der Waals surface area contributed by atoms with E-state index in [0.717, 1.165) is 5.69 Å². The first-order chi connectivity index (χ1) is 6.63. The number of aryl methyl sites for hydroxylation is 1. The molecule has 0 amide bonds. The number of hydrogen-bond donors (Lipinski definition) is 1. The number of halogens is 1. The van der Waals surface area contributed by atoms with Crippen LogP contribution in [-0.2, 0) is 0 Å². The fourth-order valence-corrected chi connectivity index (χ4v) is 1.28. The molecule has 0 saturated heterocycles.